The highest BCUT2D eigenvalue weighted by Crippen LogP contribution is 2.28. The van der Waals surface area contributed by atoms with Crippen LogP contribution >= 0.6 is 0 Å². The van der Waals surface area contributed by atoms with Gasteiger partial charge in [0.25, 0.3) is 5.91 Å². The van der Waals surface area contributed by atoms with Crippen molar-refractivity contribution in [1.82, 2.24) is 4.90 Å². The van der Waals surface area contributed by atoms with Crippen molar-refractivity contribution in [2.24, 2.45) is 0 Å². The fourth-order valence-electron chi connectivity index (χ4n) is 4.40. The predicted octanol–water partition coefficient (Wildman–Crippen LogP) is 5.93. The second kappa shape index (κ2) is 8.46. The van der Waals surface area contributed by atoms with E-state index in [2.05, 4.69) is 0 Å². The van der Waals surface area contributed by atoms with E-state index in [1.807, 2.05) is 78.6 Å². The molecule has 0 radical (unpaired) electrons. The number of ether oxygens (including phenoxy) is 1. The zero-order valence-corrected chi connectivity index (χ0v) is 17.9. The molecule has 0 aromatic heterocycles. The lowest BCUT2D eigenvalue weighted by Gasteiger charge is -2.37. The fraction of sp³-hybridized carbons (Fsp3) is 0.179. The summed E-state index contributed by atoms with van der Waals surface area (Å²) in [7, 11) is 0. The quantitative estimate of drug-likeness (QED) is 0.405. The van der Waals surface area contributed by atoms with Crippen LogP contribution < -0.4 is 4.74 Å². The lowest BCUT2D eigenvalue weighted by Crippen LogP contribution is -2.47. The van der Waals surface area contributed by atoms with Gasteiger partial charge in [0, 0.05) is 12.1 Å². The Morgan fingerprint density at radius 2 is 1.75 bits per heavy atom. The fourth-order valence-corrected chi connectivity index (χ4v) is 4.40. The van der Waals surface area contributed by atoms with Gasteiger partial charge in [-0.05, 0) is 65.6 Å². The van der Waals surface area contributed by atoms with Crippen LogP contribution in [0.5, 0.6) is 5.75 Å². The lowest BCUT2D eigenvalue weighted by molar-refractivity contribution is 0.0568. The van der Waals surface area contributed by atoms with Crippen LogP contribution in [0.25, 0.3) is 10.8 Å². The van der Waals surface area contributed by atoms with E-state index in [0.717, 1.165) is 33.2 Å². The number of fused-ring (bicyclic) bond motifs is 2. The maximum atomic E-state index is 13.9. The van der Waals surface area contributed by atoms with E-state index in [9.17, 15) is 9.18 Å². The molecule has 3 nitrogen and oxygen atoms in total. The van der Waals surface area contributed by atoms with Crippen LogP contribution in [0.15, 0.2) is 84.9 Å². The van der Waals surface area contributed by atoms with Gasteiger partial charge in [-0.15, -0.1) is 0 Å². The van der Waals surface area contributed by atoms with Gasteiger partial charge in [-0.1, -0.05) is 60.2 Å². The third-order valence-corrected chi connectivity index (χ3v) is 6.15. The molecule has 32 heavy (non-hydrogen) atoms. The summed E-state index contributed by atoms with van der Waals surface area (Å²) in [6.45, 7) is 2.80. The van der Waals surface area contributed by atoms with Crippen molar-refractivity contribution < 1.29 is 13.9 Å². The van der Waals surface area contributed by atoms with Gasteiger partial charge >= 0.3 is 0 Å². The lowest BCUT2D eigenvalue weighted by atomic mass is 9.93. The predicted molar refractivity (Wildman–Crippen MR) is 124 cm³/mol. The molecule has 4 aromatic rings. The van der Waals surface area contributed by atoms with E-state index >= 15 is 0 Å². The average molecular weight is 426 g/mol. The van der Waals surface area contributed by atoms with Crippen LogP contribution in [0.4, 0.5) is 4.39 Å². The molecule has 1 heterocycles. The SMILES string of the molecule is Cc1ccc(OC[C@@H]2Cc3cc(F)ccc3CN2C(=O)c2cccc3ccccc23)cc1. The summed E-state index contributed by atoms with van der Waals surface area (Å²) in [5.41, 5.74) is 3.75. The summed E-state index contributed by atoms with van der Waals surface area (Å²) in [6.07, 6.45) is 0.551. The minimum absolute atomic E-state index is 0.0331. The Morgan fingerprint density at radius 1 is 0.969 bits per heavy atom. The van der Waals surface area contributed by atoms with Crippen molar-refractivity contribution >= 4 is 16.7 Å². The Balaban J connectivity index is 1.48. The highest BCUT2D eigenvalue weighted by molar-refractivity contribution is 6.07. The second-order valence-electron chi connectivity index (χ2n) is 8.35. The first-order valence-electron chi connectivity index (χ1n) is 10.8. The van der Waals surface area contributed by atoms with Gasteiger partial charge in [-0.3, -0.25) is 4.79 Å². The summed E-state index contributed by atoms with van der Waals surface area (Å²) in [4.78, 5) is 15.6. The molecule has 4 heteroatoms. The van der Waals surface area contributed by atoms with Crippen LogP contribution in [-0.4, -0.2) is 23.5 Å². The van der Waals surface area contributed by atoms with E-state index in [1.54, 1.807) is 12.1 Å². The van der Waals surface area contributed by atoms with E-state index in [-0.39, 0.29) is 17.8 Å². The Labute approximate surface area is 187 Å². The number of amides is 1. The molecular weight excluding hydrogens is 401 g/mol. The first-order valence-corrected chi connectivity index (χ1v) is 10.8. The molecule has 1 aliphatic rings. The molecule has 0 unspecified atom stereocenters. The number of hydrogen-bond acceptors (Lipinski definition) is 2. The van der Waals surface area contributed by atoms with Crippen LogP contribution in [0.3, 0.4) is 0 Å². The Kier molecular flexibility index (Phi) is 5.36. The number of halogens is 1. The molecule has 1 amide bonds. The van der Waals surface area contributed by atoms with Crippen molar-refractivity contribution in [1.29, 1.82) is 0 Å². The molecule has 0 aliphatic carbocycles. The first kappa shape index (κ1) is 20.3. The van der Waals surface area contributed by atoms with Crippen LogP contribution in [-0.2, 0) is 13.0 Å². The second-order valence-corrected chi connectivity index (χ2v) is 8.35. The van der Waals surface area contributed by atoms with Crippen LogP contribution in [0.2, 0.25) is 0 Å². The third kappa shape index (κ3) is 3.96. The van der Waals surface area contributed by atoms with E-state index < -0.39 is 0 Å². The first-order chi connectivity index (χ1) is 15.6. The van der Waals surface area contributed by atoms with Gasteiger partial charge in [0.05, 0.1) is 6.04 Å². The summed E-state index contributed by atoms with van der Waals surface area (Å²) in [5.74, 6) is 0.475. The van der Waals surface area contributed by atoms with Gasteiger partial charge in [0.1, 0.15) is 18.2 Å². The Bertz CT molecular complexity index is 1280. The number of aryl methyl sites for hydroxylation is 1. The zero-order chi connectivity index (χ0) is 22.1. The molecule has 1 atom stereocenters. The summed E-state index contributed by atoms with van der Waals surface area (Å²) in [6, 6.07) is 26.2. The molecule has 160 valence electrons. The number of nitrogens with zero attached hydrogens (tertiary/aromatic N) is 1. The maximum Gasteiger partial charge on any atom is 0.255 e. The molecule has 0 saturated carbocycles. The van der Waals surface area contributed by atoms with Crippen molar-refractivity contribution in [3.63, 3.8) is 0 Å². The summed E-state index contributed by atoms with van der Waals surface area (Å²) < 4.78 is 20.0. The van der Waals surface area contributed by atoms with Crippen LogP contribution in [0, 0.1) is 12.7 Å². The van der Waals surface area contributed by atoms with Gasteiger partial charge in [0.2, 0.25) is 0 Å². The Hall–Kier alpha value is -3.66. The number of rotatable bonds is 4. The largest absolute Gasteiger partial charge is 0.491 e. The van der Waals surface area contributed by atoms with E-state index in [4.69, 9.17) is 4.74 Å². The van der Waals surface area contributed by atoms with Crippen molar-refractivity contribution in [3.05, 3.63) is 113 Å². The molecule has 0 N–H and O–H groups in total. The standard InChI is InChI=1S/C28H24FNO2/c1-19-9-13-25(14-10-19)32-18-24-16-22-15-23(29)12-11-21(22)17-30(24)28(31)27-8-4-6-20-5-2-3-7-26(20)27/h2-15,24H,16-18H2,1H3/t24-/m0/s1. The monoisotopic (exact) mass is 425 g/mol. The maximum absolute atomic E-state index is 13.9. The van der Waals surface area contributed by atoms with E-state index in [0.29, 0.717) is 25.1 Å². The van der Waals surface area contributed by atoms with Crippen molar-refractivity contribution in [2.45, 2.75) is 25.9 Å². The average Bonchev–Trinajstić information content (AvgIpc) is 2.82. The zero-order valence-electron chi connectivity index (χ0n) is 17.9. The third-order valence-electron chi connectivity index (χ3n) is 6.15. The van der Waals surface area contributed by atoms with Gasteiger partial charge in [-0.2, -0.15) is 0 Å². The van der Waals surface area contributed by atoms with Crippen LogP contribution in [0.1, 0.15) is 27.0 Å². The molecule has 5 rings (SSSR count). The molecule has 0 fully saturated rings. The molecule has 0 saturated heterocycles. The van der Waals surface area contributed by atoms with Crippen molar-refractivity contribution in [2.75, 3.05) is 6.61 Å². The van der Waals surface area contributed by atoms with Crippen molar-refractivity contribution in [3.8, 4) is 5.75 Å². The van der Waals surface area contributed by atoms with Gasteiger partial charge in [0.15, 0.2) is 0 Å². The smallest absolute Gasteiger partial charge is 0.255 e. The van der Waals surface area contributed by atoms with Gasteiger partial charge in [-0.25, -0.2) is 4.39 Å². The minimum Gasteiger partial charge on any atom is -0.491 e. The number of benzene rings is 4. The normalized spacial score (nSPS) is 15.4. The van der Waals surface area contributed by atoms with E-state index in [1.165, 1.54) is 6.07 Å². The minimum atomic E-state index is -0.254. The number of carbonyl (C=O) groups excluding carboxylic acids is 1. The molecule has 0 spiro atoms. The molecule has 1 aliphatic heterocycles. The highest BCUT2D eigenvalue weighted by atomic mass is 19.1. The van der Waals surface area contributed by atoms with Gasteiger partial charge < -0.3 is 9.64 Å². The summed E-state index contributed by atoms with van der Waals surface area (Å²) >= 11 is 0. The summed E-state index contributed by atoms with van der Waals surface area (Å²) in [5, 5.41) is 1.97. The number of hydrogen-bond donors (Lipinski definition) is 0. The molecular formula is C28H24FNO2. The topological polar surface area (TPSA) is 29.5 Å². The highest BCUT2D eigenvalue weighted by Gasteiger charge is 2.32. The molecule has 0 bridgehead atoms. The Morgan fingerprint density at radius 3 is 2.59 bits per heavy atom. The molecule has 4 aromatic carbocycles. The number of carbonyl (C=O) groups is 1.